The van der Waals surface area contributed by atoms with Crippen LogP contribution in [0.15, 0.2) is 53.1 Å². The van der Waals surface area contributed by atoms with E-state index in [-0.39, 0.29) is 11.4 Å². The number of benzene rings is 1. The van der Waals surface area contributed by atoms with Crippen molar-refractivity contribution in [3.8, 4) is 5.75 Å². The van der Waals surface area contributed by atoms with Crippen LogP contribution in [0.1, 0.15) is 34.6 Å². The summed E-state index contributed by atoms with van der Waals surface area (Å²) in [7, 11) is 4.10. The molecule has 1 atom stereocenters. The van der Waals surface area contributed by atoms with E-state index in [4.69, 9.17) is 4.74 Å². The fourth-order valence-electron chi connectivity index (χ4n) is 3.55. The average molecular weight is 416 g/mol. The first-order chi connectivity index (χ1) is 13.9. The summed E-state index contributed by atoms with van der Waals surface area (Å²) in [5.41, 5.74) is 0.897. The number of carbonyl (C=O) groups is 2. The Morgan fingerprint density at radius 1 is 1.28 bits per heavy atom. The second-order valence-corrected chi connectivity index (χ2v) is 8.23. The van der Waals surface area contributed by atoms with Crippen LogP contribution in [0.5, 0.6) is 5.75 Å². The van der Waals surface area contributed by atoms with Gasteiger partial charge >= 0.3 is 0 Å². The Balaban J connectivity index is 2.01. The minimum Gasteiger partial charge on any atom is -0.503 e. The van der Waals surface area contributed by atoms with Crippen LogP contribution < -0.4 is 9.64 Å². The summed E-state index contributed by atoms with van der Waals surface area (Å²) >= 11 is 1.30. The van der Waals surface area contributed by atoms with Crippen LogP contribution in [0.3, 0.4) is 0 Å². The van der Waals surface area contributed by atoms with Crippen molar-refractivity contribution in [1.29, 1.82) is 0 Å². The topological polar surface area (TPSA) is 71.3 Å². The summed E-state index contributed by atoms with van der Waals surface area (Å²) in [6, 6.07) is 10.3. The predicted octanol–water partition coefficient (Wildman–Crippen LogP) is 2.26. The average Bonchev–Trinajstić information content (AvgIpc) is 3.31. The Morgan fingerprint density at radius 2 is 2.07 bits per heavy atom. The molecule has 0 saturated carbocycles. The fraction of sp³-hybridized carbons (Fsp3) is 0.364. The number of aliphatic hydroxyl groups excluding tert-OH is 1. The Kier molecular flexibility index (Phi) is 6.71. The first-order valence-electron chi connectivity index (χ1n) is 9.78. The molecule has 1 aliphatic rings. The maximum Gasteiger partial charge on any atom is 0.290 e. The number of nitrogens with one attached hydrogen (secondary N) is 1. The summed E-state index contributed by atoms with van der Waals surface area (Å²) in [6.07, 6.45) is 0.767. The lowest BCUT2D eigenvalue weighted by Gasteiger charge is -2.27. The Labute approximate surface area is 175 Å². The molecule has 29 heavy (non-hydrogen) atoms. The number of hydrogen-bond acceptors (Lipinski definition) is 5. The first-order valence-corrected chi connectivity index (χ1v) is 10.7. The van der Waals surface area contributed by atoms with Crippen molar-refractivity contribution in [2.75, 3.05) is 33.8 Å². The van der Waals surface area contributed by atoms with Gasteiger partial charge in [-0.3, -0.25) is 9.59 Å². The van der Waals surface area contributed by atoms with Crippen molar-refractivity contribution in [2.24, 2.45) is 0 Å². The number of carbonyl (C=O) groups excluding carboxylic acids is 2. The van der Waals surface area contributed by atoms with E-state index in [1.165, 1.54) is 16.2 Å². The van der Waals surface area contributed by atoms with E-state index in [0.29, 0.717) is 23.8 Å². The lowest BCUT2D eigenvalue weighted by Crippen LogP contribution is -3.05. The molecular weight excluding hydrogens is 388 g/mol. The lowest BCUT2D eigenvalue weighted by molar-refractivity contribution is -0.858. The quantitative estimate of drug-likeness (QED) is 0.617. The van der Waals surface area contributed by atoms with E-state index in [1.807, 2.05) is 36.6 Å². The standard InChI is InChI=1S/C22H26N2O4S/c1-4-28-16-9-5-8-15(14-16)19-18(20(25)17-10-6-13-29-17)21(26)22(27)24(19)12-7-11-23(2)3/h5-6,8-10,13-14,19,26H,4,7,11-12H2,1-3H3/p+1/t19-/m1/s1. The molecule has 2 N–H and O–H groups in total. The van der Waals surface area contributed by atoms with Crippen LogP contribution in [0.2, 0.25) is 0 Å². The number of Topliss-reactive ketones (excluding diaryl/α,β-unsaturated/α-hetero) is 1. The summed E-state index contributed by atoms with van der Waals surface area (Å²) in [4.78, 5) is 29.4. The van der Waals surface area contributed by atoms with Crippen LogP contribution in [-0.4, -0.2) is 55.5 Å². The van der Waals surface area contributed by atoms with Crippen LogP contribution in [0.25, 0.3) is 0 Å². The number of hydrogen-bond donors (Lipinski definition) is 2. The second-order valence-electron chi connectivity index (χ2n) is 7.29. The molecule has 0 bridgehead atoms. The SMILES string of the molecule is CCOc1cccc([C@@H]2C(C(=O)c3cccs3)=C(O)C(=O)N2CCC[NH+](C)C)c1. The maximum atomic E-state index is 13.2. The predicted molar refractivity (Wildman–Crippen MR) is 113 cm³/mol. The lowest BCUT2D eigenvalue weighted by atomic mass is 9.95. The molecule has 154 valence electrons. The number of nitrogens with zero attached hydrogens (tertiary/aromatic N) is 1. The van der Waals surface area contributed by atoms with Gasteiger partial charge < -0.3 is 19.6 Å². The van der Waals surface area contributed by atoms with Crippen LogP contribution >= 0.6 is 11.3 Å². The van der Waals surface area contributed by atoms with Gasteiger partial charge in [0.25, 0.3) is 5.91 Å². The third-order valence-electron chi connectivity index (χ3n) is 4.85. The minimum atomic E-state index is -0.630. The number of quaternary nitrogens is 1. The van der Waals surface area contributed by atoms with E-state index in [2.05, 4.69) is 14.1 Å². The number of ether oxygens (including phenoxy) is 1. The molecule has 0 unspecified atom stereocenters. The Morgan fingerprint density at radius 3 is 2.72 bits per heavy atom. The highest BCUT2D eigenvalue weighted by molar-refractivity contribution is 7.12. The number of rotatable bonds is 9. The molecule has 0 radical (unpaired) electrons. The van der Waals surface area contributed by atoms with Gasteiger partial charge in [-0.05, 0) is 36.1 Å². The largest absolute Gasteiger partial charge is 0.503 e. The van der Waals surface area contributed by atoms with Gasteiger partial charge in [0.15, 0.2) is 5.76 Å². The van der Waals surface area contributed by atoms with Gasteiger partial charge in [-0.1, -0.05) is 18.2 Å². The molecule has 0 fully saturated rings. The van der Waals surface area contributed by atoms with Gasteiger partial charge in [-0.15, -0.1) is 11.3 Å². The van der Waals surface area contributed by atoms with E-state index >= 15 is 0 Å². The number of thiophene rings is 1. The smallest absolute Gasteiger partial charge is 0.290 e. The molecule has 2 heterocycles. The summed E-state index contributed by atoms with van der Waals surface area (Å²) < 4.78 is 5.61. The highest BCUT2D eigenvalue weighted by Crippen LogP contribution is 2.40. The van der Waals surface area contributed by atoms with Gasteiger partial charge in [-0.25, -0.2) is 0 Å². The molecule has 3 rings (SSSR count). The molecule has 1 aliphatic heterocycles. The summed E-state index contributed by atoms with van der Waals surface area (Å²) in [5.74, 6) is -0.583. The normalized spacial score (nSPS) is 16.8. The molecular formula is C22H27N2O4S+. The second kappa shape index (κ2) is 9.24. The van der Waals surface area contributed by atoms with Crippen molar-refractivity contribution in [1.82, 2.24) is 4.90 Å². The Hall–Kier alpha value is -2.64. The van der Waals surface area contributed by atoms with Gasteiger partial charge in [0, 0.05) is 13.0 Å². The fourth-order valence-corrected chi connectivity index (χ4v) is 4.23. The molecule has 6 nitrogen and oxygen atoms in total. The highest BCUT2D eigenvalue weighted by atomic mass is 32.1. The third-order valence-corrected chi connectivity index (χ3v) is 5.72. The third kappa shape index (κ3) is 4.52. The van der Waals surface area contributed by atoms with E-state index in [1.54, 1.807) is 17.0 Å². The highest BCUT2D eigenvalue weighted by Gasteiger charge is 2.43. The van der Waals surface area contributed by atoms with E-state index in [0.717, 1.165) is 18.5 Å². The van der Waals surface area contributed by atoms with E-state index in [9.17, 15) is 14.7 Å². The van der Waals surface area contributed by atoms with Gasteiger partial charge in [0.2, 0.25) is 5.78 Å². The molecule has 1 aromatic heterocycles. The van der Waals surface area contributed by atoms with Gasteiger partial charge in [0.1, 0.15) is 5.75 Å². The molecule has 7 heteroatoms. The minimum absolute atomic E-state index is 0.142. The number of aliphatic hydroxyl groups is 1. The monoisotopic (exact) mass is 415 g/mol. The zero-order valence-corrected chi connectivity index (χ0v) is 17.8. The molecule has 1 amide bonds. The first kappa shape index (κ1) is 21.1. The molecule has 0 spiro atoms. The number of ketones is 1. The van der Waals surface area contributed by atoms with Gasteiger partial charge in [-0.2, -0.15) is 0 Å². The molecule has 0 saturated heterocycles. The summed E-state index contributed by atoms with van der Waals surface area (Å²) in [6.45, 7) is 3.76. The van der Waals surface area contributed by atoms with Crippen LogP contribution in [-0.2, 0) is 4.79 Å². The van der Waals surface area contributed by atoms with Crippen molar-refractivity contribution in [3.63, 3.8) is 0 Å². The van der Waals surface area contributed by atoms with Crippen molar-refractivity contribution in [2.45, 2.75) is 19.4 Å². The molecule has 0 aliphatic carbocycles. The zero-order chi connectivity index (χ0) is 21.0. The van der Waals surface area contributed by atoms with Crippen molar-refractivity contribution >= 4 is 23.0 Å². The Bertz CT molecular complexity index is 905. The van der Waals surface area contributed by atoms with E-state index < -0.39 is 17.7 Å². The number of amides is 1. The maximum absolute atomic E-state index is 13.2. The van der Waals surface area contributed by atoms with Crippen molar-refractivity contribution < 1.29 is 24.3 Å². The van der Waals surface area contributed by atoms with Crippen molar-refractivity contribution in [3.05, 3.63) is 63.6 Å². The van der Waals surface area contributed by atoms with Crippen LogP contribution in [0.4, 0.5) is 0 Å². The van der Waals surface area contributed by atoms with Crippen LogP contribution in [0, 0.1) is 0 Å². The molecule has 1 aromatic carbocycles. The summed E-state index contributed by atoms with van der Waals surface area (Å²) in [5, 5.41) is 12.5. The zero-order valence-electron chi connectivity index (χ0n) is 17.0. The van der Waals surface area contributed by atoms with Gasteiger partial charge in [0.05, 0.1) is 43.7 Å². The molecule has 2 aromatic rings.